The maximum atomic E-state index is 12.6. The predicted octanol–water partition coefficient (Wildman–Crippen LogP) is 1.60. The van der Waals surface area contributed by atoms with E-state index in [0.29, 0.717) is 25.2 Å². The van der Waals surface area contributed by atoms with E-state index in [1.807, 2.05) is 30.3 Å². The second-order valence-electron chi connectivity index (χ2n) is 7.52. The summed E-state index contributed by atoms with van der Waals surface area (Å²) in [4.78, 5) is 40.3. The van der Waals surface area contributed by atoms with Gasteiger partial charge in [-0.25, -0.2) is 9.59 Å². The van der Waals surface area contributed by atoms with Crippen LogP contribution in [-0.4, -0.2) is 45.7 Å². The summed E-state index contributed by atoms with van der Waals surface area (Å²) in [5, 5.41) is 6.67. The summed E-state index contributed by atoms with van der Waals surface area (Å²) in [6.45, 7) is 0.801. The average molecular weight is 400 g/mol. The first kappa shape index (κ1) is 19.2. The van der Waals surface area contributed by atoms with E-state index in [2.05, 4.69) is 20.0 Å². The first-order valence-electron chi connectivity index (χ1n) is 9.94. The number of aryl methyl sites for hydroxylation is 1. The predicted molar refractivity (Wildman–Crippen MR) is 102 cm³/mol. The number of H-pyrrole nitrogens is 1. The number of hydrogen-bond donors (Lipinski definition) is 2. The summed E-state index contributed by atoms with van der Waals surface area (Å²) < 4.78 is 9.97. The van der Waals surface area contributed by atoms with Gasteiger partial charge in [0.25, 0.3) is 0 Å². The standard InChI is InChI=1S/C20H24N4O5/c25-18-14(8-4-5-9-16-22-19(26)29-23-16)17-15(21-18)10-11-24(17)20(27)28-12-13-6-2-1-3-7-13/h1-3,6-7,14-15,17H,4-5,8-12H2,(H,21,25)(H,22,23,26)/t14-,15+,17-/m1/s1. The van der Waals surface area contributed by atoms with Crippen LogP contribution >= 0.6 is 0 Å². The number of ether oxygens (including phenoxy) is 1. The fraction of sp³-hybridized carbons (Fsp3) is 0.500. The first-order valence-corrected chi connectivity index (χ1v) is 9.94. The molecule has 2 saturated heterocycles. The Balaban J connectivity index is 1.31. The Kier molecular flexibility index (Phi) is 5.64. The molecule has 2 aromatic rings. The van der Waals surface area contributed by atoms with Crippen LogP contribution in [0.2, 0.25) is 0 Å². The molecule has 2 amide bonds. The largest absolute Gasteiger partial charge is 0.445 e. The quantitative estimate of drug-likeness (QED) is 0.682. The highest BCUT2D eigenvalue weighted by molar-refractivity contribution is 5.84. The van der Waals surface area contributed by atoms with Crippen molar-refractivity contribution < 1.29 is 18.8 Å². The fourth-order valence-electron chi connectivity index (χ4n) is 4.26. The van der Waals surface area contributed by atoms with Crippen LogP contribution in [0.5, 0.6) is 0 Å². The molecule has 2 fully saturated rings. The number of hydrogen-bond acceptors (Lipinski definition) is 6. The third kappa shape index (κ3) is 4.33. The van der Waals surface area contributed by atoms with Gasteiger partial charge in [-0.05, 0) is 24.8 Å². The number of carbonyl (C=O) groups is 2. The van der Waals surface area contributed by atoms with Crippen LogP contribution < -0.4 is 11.1 Å². The van der Waals surface area contributed by atoms with Crippen molar-refractivity contribution in [2.24, 2.45) is 5.92 Å². The molecule has 1 aromatic heterocycles. The molecule has 9 heteroatoms. The van der Waals surface area contributed by atoms with Crippen LogP contribution in [0.15, 0.2) is 39.6 Å². The van der Waals surface area contributed by atoms with Crippen LogP contribution in [0, 0.1) is 5.92 Å². The molecule has 0 spiro atoms. The van der Waals surface area contributed by atoms with Crippen LogP contribution in [0.1, 0.15) is 37.1 Å². The maximum absolute atomic E-state index is 12.6. The molecule has 2 aliphatic rings. The SMILES string of the molecule is O=C1N[C@H]2CCN(C(=O)OCc3ccccc3)[C@@H]2[C@H]1CCCCc1noc(=O)[nH]1. The van der Waals surface area contributed by atoms with E-state index in [4.69, 9.17) is 4.74 Å². The van der Waals surface area contributed by atoms with Crippen molar-refractivity contribution >= 4 is 12.0 Å². The second-order valence-corrected chi connectivity index (χ2v) is 7.52. The van der Waals surface area contributed by atoms with E-state index in [0.717, 1.165) is 24.8 Å². The highest BCUT2D eigenvalue weighted by atomic mass is 16.6. The van der Waals surface area contributed by atoms with Gasteiger partial charge in [0, 0.05) is 13.0 Å². The van der Waals surface area contributed by atoms with Crippen molar-refractivity contribution in [2.45, 2.75) is 50.8 Å². The number of nitrogens with zero attached hydrogens (tertiary/aromatic N) is 2. The number of aromatic amines is 1. The summed E-state index contributed by atoms with van der Waals surface area (Å²) in [6.07, 6.45) is 3.16. The lowest BCUT2D eigenvalue weighted by Gasteiger charge is -2.26. The highest BCUT2D eigenvalue weighted by Crippen LogP contribution is 2.33. The molecule has 1 aromatic carbocycles. The van der Waals surface area contributed by atoms with Gasteiger partial charge in [0.1, 0.15) is 6.61 Å². The molecule has 29 heavy (non-hydrogen) atoms. The number of nitrogens with one attached hydrogen (secondary N) is 2. The Labute approximate surface area is 167 Å². The molecule has 154 valence electrons. The van der Waals surface area contributed by atoms with Crippen molar-refractivity contribution in [1.29, 1.82) is 0 Å². The molecule has 3 atom stereocenters. The smallest absolute Gasteiger partial charge is 0.438 e. The van der Waals surface area contributed by atoms with Gasteiger partial charge in [0.15, 0.2) is 5.82 Å². The summed E-state index contributed by atoms with van der Waals surface area (Å²) in [6, 6.07) is 9.36. The minimum Gasteiger partial charge on any atom is -0.445 e. The van der Waals surface area contributed by atoms with E-state index in [1.54, 1.807) is 4.90 Å². The van der Waals surface area contributed by atoms with Gasteiger partial charge in [0.2, 0.25) is 5.91 Å². The van der Waals surface area contributed by atoms with Gasteiger partial charge < -0.3 is 15.0 Å². The number of unbranched alkanes of at least 4 members (excludes halogenated alkanes) is 1. The molecule has 4 rings (SSSR count). The monoisotopic (exact) mass is 400 g/mol. The zero-order chi connectivity index (χ0) is 20.2. The molecule has 2 aliphatic heterocycles. The number of fused-ring (bicyclic) bond motifs is 1. The van der Waals surface area contributed by atoms with E-state index in [-0.39, 0.29) is 36.6 Å². The van der Waals surface area contributed by atoms with Gasteiger partial charge in [-0.15, -0.1) is 0 Å². The van der Waals surface area contributed by atoms with Crippen molar-refractivity contribution in [3.05, 3.63) is 52.3 Å². The van der Waals surface area contributed by atoms with Crippen LogP contribution in [-0.2, 0) is 22.6 Å². The normalized spacial score (nSPS) is 23.1. The van der Waals surface area contributed by atoms with Gasteiger partial charge in [-0.2, -0.15) is 0 Å². The number of amides is 2. The molecule has 0 radical (unpaired) electrons. The highest BCUT2D eigenvalue weighted by Gasteiger charge is 2.50. The van der Waals surface area contributed by atoms with E-state index < -0.39 is 5.76 Å². The zero-order valence-corrected chi connectivity index (χ0v) is 16.0. The lowest BCUT2D eigenvalue weighted by atomic mass is 9.93. The van der Waals surface area contributed by atoms with Crippen molar-refractivity contribution in [1.82, 2.24) is 20.4 Å². The summed E-state index contributed by atoms with van der Waals surface area (Å²) in [5.74, 6) is -0.303. The molecule has 9 nitrogen and oxygen atoms in total. The second kappa shape index (κ2) is 8.50. The molecule has 0 bridgehead atoms. The Morgan fingerprint density at radius 3 is 2.83 bits per heavy atom. The molecule has 2 N–H and O–H groups in total. The number of likely N-dealkylation sites (tertiary alicyclic amines) is 1. The summed E-state index contributed by atoms with van der Waals surface area (Å²) in [7, 11) is 0. The fourth-order valence-corrected chi connectivity index (χ4v) is 4.26. The molecule has 3 heterocycles. The molecule has 0 saturated carbocycles. The van der Waals surface area contributed by atoms with E-state index >= 15 is 0 Å². The Morgan fingerprint density at radius 1 is 1.24 bits per heavy atom. The van der Waals surface area contributed by atoms with Gasteiger partial charge in [-0.3, -0.25) is 14.3 Å². The Morgan fingerprint density at radius 2 is 2.07 bits per heavy atom. The van der Waals surface area contributed by atoms with E-state index in [1.165, 1.54) is 0 Å². The first-order chi connectivity index (χ1) is 14.1. The summed E-state index contributed by atoms with van der Waals surface area (Å²) >= 11 is 0. The maximum Gasteiger partial charge on any atom is 0.438 e. The Bertz CT molecular complexity index is 909. The molecule has 0 aliphatic carbocycles. The minimum absolute atomic E-state index is 0.00426. The molecular formula is C20H24N4O5. The number of aromatic nitrogens is 2. The lowest BCUT2D eigenvalue weighted by molar-refractivity contribution is -0.123. The number of rotatable bonds is 7. The van der Waals surface area contributed by atoms with Crippen molar-refractivity contribution in [3.8, 4) is 0 Å². The number of carbonyl (C=O) groups excluding carboxylic acids is 2. The third-order valence-electron chi connectivity index (χ3n) is 5.63. The van der Waals surface area contributed by atoms with Crippen LogP contribution in [0.4, 0.5) is 4.79 Å². The summed E-state index contributed by atoms with van der Waals surface area (Å²) in [5.41, 5.74) is 0.930. The Hall–Kier alpha value is -3.10. The molecular weight excluding hydrogens is 376 g/mol. The molecule has 0 unspecified atom stereocenters. The van der Waals surface area contributed by atoms with Gasteiger partial charge >= 0.3 is 11.8 Å². The average Bonchev–Trinajstić information content (AvgIpc) is 3.40. The van der Waals surface area contributed by atoms with Gasteiger partial charge in [0.05, 0.1) is 18.0 Å². The van der Waals surface area contributed by atoms with E-state index in [9.17, 15) is 14.4 Å². The minimum atomic E-state index is -0.561. The van der Waals surface area contributed by atoms with Crippen LogP contribution in [0.25, 0.3) is 0 Å². The number of benzene rings is 1. The van der Waals surface area contributed by atoms with Crippen LogP contribution in [0.3, 0.4) is 0 Å². The topological polar surface area (TPSA) is 118 Å². The zero-order valence-electron chi connectivity index (χ0n) is 16.0. The van der Waals surface area contributed by atoms with Gasteiger partial charge in [-0.1, -0.05) is 41.9 Å². The third-order valence-corrected chi connectivity index (χ3v) is 5.63. The van der Waals surface area contributed by atoms with Crippen molar-refractivity contribution in [3.63, 3.8) is 0 Å². The van der Waals surface area contributed by atoms with Crippen molar-refractivity contribution in [2.75, 3.05) is 6.54 Å². The lowest BCUT2D eigenvalue weighted by Crippen LogP contribution is -2.42.